The summed E-state index contributed by atoms with van der Waals surface area (Å²) in [6.45, 7) is 1.44. The average Bonchev–Trinajstić information content (AvgIpc) is 2.19. The molecule has 4 nitrogen and oxygen atoms in total. The predicted molar refractivity (Wildman–Crippen MR) is 53.2 cm³/mol. The van der Waals surface area contributed by atoms with Crippen molar-refractivity contribution in [2.24, 2.45) is 5.73 Å². The summed E-state index contributed by atoms with van der Waals surface area (Å²) in [5.41, 5.74) is 5.75. The summed E-state index contributed by atoms with van der Waals surface area (Å²) in [6, 6.07) is 1.45. The maximum absolute atomic E-state index is 12.6. The molecule has 0 bridgehead atoms. The molecular formula is C10H12F2N2O2. The number of carboxylic acids is 1. The van der Waals surface area contributed by atoms with Crippen molar-refractivity contribution in [3.8, 4) is 0 Å². The van der Waals surface area contributed by atoms with Gasteiger partial charge in [0.25, 0.3) is 6.43 Å². The fourth-order valence-electron chi connectivity index (χ4n) is 1.41. The molecule has 16 heavy (non-hydrogen) atoms. The number of pyridine rings is 1. The van der Waals surface area contributed by atoms with Gasteiger partial charge in [-0.2, -0.15) is 0 Å². The summed E-state index contributed by atoms with van der Waals surface area (Å²) < 4.78 is 25.2. The number of nitrogens with zero attached hydrogens (tertiary/aromatic N) is 1. The zero-order chi connectivity index (χ0) is 12.3. The molecule has 0 atom stereocenters. The van der Waals surface area contributed by atoms with Gasteiger partial charge < -0.3 is 10.8 Å². The van der Waals surface area contributed by atoms with Gasteiger partial charge in [0, 0.05) is 6.54 Å². The minimum absolute atomic E-state index is 0.00657. The first-order valence-electron chi connectivity index (χ1n) is 4.65. The molecule has 0 radical (unpaired) electrons. The Balaban J connectivity index is 3.25. The molecule has 88 valence electrons. The maximum Gasteiger partial charge on any atom is 0.307 e. The van der Waals surface area contributed by atoms with Crippen LogP contribution in [0.1, 0.15) is 28.9 Å². The van der Waals surface area contributed by atoms with Gasteiger partial charge in [0.1, 0.15) is 5.69 Å². The lowest BCUT2D eigenvalue weighted by Crippen LogP contribution is -2.10. The number of carbonyl (C=O) groups is 1. The van der Waals surface area contributed by atoms with Gasteiger partial charge in [-0.25, -0.2) is 8.78 Å². The van der Waals surface area contributed by atoms with Gasteiger partial charge in [-0.15, -0.1) is 0 Å². The Morgan fingerprint density at radius 1 is 1.62 bits per heavy atom. The van der Waals surface area contributed by atoms with Crippen molar-refractivity contribution in [2.75, 3.05) is 0 Å². The maximum atomic E-state index is 12.6. The van der Waals surface area contributed by atoms with Crippen LogP contribution in [-0.4, -0.2) is 16.1 Å². The topological polar surface area (TPSA) is 76.2 Å². The highest BCUT2D eigenvalue weighted by Gasteiger charge is 2.17. The standard InChI is InChI=1S/C10H12F2N2O2/c1-5-6(3-8(15)16)2-7(4-13)14-9(5)10(11)12/h2,10H,3-4,13H2,1H3,(H,15,16). The van der Waals surface area contributed by atoms with Gasteiger partial charge in [-0.3, -0.25) is 9.78 Å². The van der Waals surface area contributed by atoms with E-state index in [2.05, 4.69) is 4.98 Å². The first kappa shape index (κ1) is 12.5. The smallest absolute Gasteiger partial charge is 0.307 e. The third-order valence-electron chi connectivity index (χ3n) is 2.23. The van der Waals surface area contributed by atoms with Gasteiger partial charge in [0.15, 0.2) is 0 Å². The van der Waals surface area contributed by atoms with Crippen molar-refractivity contribution >= 4 is 5.97 Å². The van der Waals surface area contributed by atoms with Crippen LogP contribution in [-0.2, 0) is 17.8 Å². The van der Waals surface area contributed by atoms with E-state index in [0.29, 0.717) is 5.56 Å². The van der Waals surface area contributed by atoms with Gasteiger partial charge in [-0.1, -0.05) is 0 Å². The zero-order valence-corrected chi connectivity index (χ0v) is 8.70. The molecule has 1 heterocycles. The van der Waals surface area contributed by atoms with Crippen LogP contribution in [0.5, 0.6) is 0 Å². The zero-order valence-electron chi connectivity index (χ0n) is 8.70. The Bertz CT molecular complexity index is 408. The highest BCUT2D eigenvalue weighted by molar-refractivity contribution is 5.70. The molecule has 1 aromatic heterocycles. The number of hydrogen-bond acceptors (Lipinski definition) is 3. The van der Waals surface area contributed by atoms with Crippen LogP contribution < -0.4 is 5.73 Å². The fraction of sp³-hybridized carbons (Fsp3) is 0.400. The van der Waals surface area contributed by atoms with Crippen molar-refractivity contribution in [1.29, 1.82) is 0 Å². The number of halogens is 2. The van der Waals surface area contributed by atoms with Crippen molar-refractivity contribution in [1.82, 2.24) is 4.98 Å². The van der Waals surface area contributed by atoms with Crippen LogP contribution in [0, 0.1) is 6.92 Å². The number of rotatable bonds is 4. The van der Waals surface area contributed by atoms with Crippen LogP contribution in [0.4, 0.5) is 8.78 Å². The second-order valence-electron chi connectivity index (χ2n) is 3.36. The average molecular weight is 230 g/mol. The third kappa shape index (κ3) is 2.73. The lowest BCUT2D eigenvalue weighted by molar-refractivity contribution is -0.136. The summed E-state index contributed by atoms with van der Waals surface area (Å²) in [6.07, 6.45) is -3.03. The van der Waals surface area contributed by atoms with Gasteiger partial charge in [-0.05, 0) is 24.1 Å². The van der Waals surface area contributed by atoms with Crippen LogP contribution >= 0.6 is 0 Å². The predicted octanol–water partition coefficient (Wildman–Crippen LogP) is 1.41. The molecule has 0 unspecified atom stereocenters. The third-order valence-corrected chi connectivity index (χ3v) is 2.23. The van der Waals surface area contributed by atoms with Crippen molar-refractivity contribution in [2.45, 2.75) is 26.3 Å². The molecule has 0 saturated carbocycles. The Hall–Kier alpha value is -1.56. The Labute approximate surface area is 91.1 Å². The number of nitrogens with two attached hydrogens (primary N) is 1. The lowest BCUT2D eigenvalue weighted by Gasteiger charge is -2.11. The number of aromatic nitrogens is 1. The summed E-state index contributed by atoms with van der Waals surface area (Å²) in [5, 5.41) is 8.65. The summed E-state index contributed by atoms with van der Waals surface area (Å²) >= 11 is 0. The highest BCUT2D eigenvalue weighted by Crippen LogP contribution is 2.24. The quantitative estimate of drug-likeness (QED) is 0.820. The molecule has 6 heteroatoms. The molecule has 3 N–H and O–H groups in total. The molecule has 0 saturated heterocycles. The van der Waals surface area contributed by atoms with Gasteiger partial charge in [0.05, 0.1) is 12.1 Å². The first-order chi connectivity index (χ1) is 7.45. The largest absolute Gasteiger partial charge is 0.481 e. The second kappa shape index (κ2) is 4.98. The van der Waals surface area contributed by atoms with Crippen molar-refractivity contribution in [3.63, 3.8) is 0 Å². The van der Waals surface area contributed by atoms with Crippen molar-refractivity contribution < 1.29 is 18.7 Å². The molecule has 0 aliphatic heterocycles. The highest BCUT2D eigenvalue weighted by atomic mass is 19.3. The van der Waals surface area contributed by atoms with E-state index >= 15 is 0 Å². The first-order valence-corrected chi connectivity index (χ1v) is 4.65. The lowest BCUT2D eigenvalue weighted by atomic mass is 10.0. The van der Waals surface area contributed by atoms with E-state index in [1.54, 1.807) is 0 Å². The minimum atomic E-state index is -2.72. The Kier molecular flexibility index (Phi) is 3.89. The Morgan fingerprint density at radius 2 is 2.25 bits per heavy atom. The summed E-state index contributed by atoms with van der Waals surface area (Å²) in [4.78, 5) is 14.3. The molecule has 1 rings (SSSR count). The van der Waals surface area contributed by atoms with Crippen LogP contribution in [0.2, 0.25) is 0 Å². The van der Waals surface area contributed by atoms with E-state index in [4.69, 9.17) is 10.8 Å². The second-order valence-corrected chi connectivity index (χ2v) is 3.36. The molecular weight excluding hydrogens is 218 g/mol. The van der Waals surface area contributed by atoms with E-state index in [1.807, 2.05) is 0 Å². The molecule has 0 aromatic carbocycles. The normalized spacial score (nSPS) is 10.8. The van der Waals surface area contributed by atoms with Crippen molar-refractivity contribution in [3.05, 3.63) is 28.6 Å². The van der Waals surface area contributed by atoms with Gasteiger partial charge in [0.2, 0.25) is 0 Å². The number of carboxylic acid groups (broad SMARTS) is 1. The van der Waals surface area contributed by atoms with E-state index in [9.17, 15) is 13.6 Å². The summed E-state index contributed by atoms with van der Waals surface area (Å²) in [5.74, 6) is -1.07. The molecule has 0 amide bonds. The van der Waals surface area contributed by atoms with E-state index in [-0.39, 0.29) is 29.9 Å². The number of aliphatic carboxylic acids is 1. The van der Waals surface area contributed by atoms with E-state index in [1.165, 1.54) is 13.0 Å². The molecule has 0 spiro atoms. The van der Waals surface area contributed by atoms with Gasteiger partial charge >= 0.3 is 5.97 Å². The van der Waals surface area contributed by atoms with Crippen LogP contribution in [0.15, 0.2) is 6.07 Å². The fourth-order valence-corrected chi connectivity index (χ4v) is 1.41. The van der Waals surface area contributed by atoms with E-state index in [0.717, 1.165) is 0 Å². The monoisotopic (exact) mass is 230 g/mol. The Morgan fingerprint density at radius 3 is 2.69 bits per heavy atom. The van der Waals surface area contributed by atoms with E-state index < -0.39 is 12.4 Å². The van der Waals surface area contributed by atoms with Crippen LogP contribution in [0.3, 0.4) is 0 Å². The molecule has 0 aliphatic carbocycles. The summed E-state index contributed by atoms with van der Waals surface area (Å²) in [7, 11) is 0. The number of hydrogen-bond donors (Lipinski definition) is 2. The molecule has 0 aliphatic rings. The van der Waals surface area contributed by atoms with Crippen LogP contribution in [0.25, 0.3) is 0 Å². The number of alkyl halides is 2. The molecule has 1 aromatic rings. The molecule has 0 fully saturated rings. The minimum Gasteiger partial charge on any atom is -0.481 e. The SMILES string of the molecule is Cc1c(CC(=O)O)cc(CN)nc1C(F)F.